The van der Waals surface area contributed by atoms with Gasteiger partial charge in [0.1, 0.15) is 17.3 Å². The molecule has 2 rings (SSSR count). The van der Waals surface area contributed by atoms with Crippen molar-refractivity contribution in [3.05, 3.63) is 53.5 Å². The number of nitrogen functional groups attached to an aromatic ring is 1. The van der Waals surface area contributed by atoms with Crippen molar-refractivity contribution in [1.82, 2.24) is 4.98 Å². The number of halogens is 3. The van der Waals surface area contributed by atoms with Crippen molar-refractivity contribution in [1.29, 1.82) is 0 Å². The van der Waals surface area contributed by atoms with Crippen molar-refractivity contribution in [2.45, 2.75) is 0 Å². The van der Waals surface area contributed by atoms with Gasteiger partial charge in [-0.05, 0) is 12.1 Å². The molecule has 1 aromatic carbocycles. The highest BCUT2D eigenvalue weighted by Gasteiger charge is 2.15. The Morgan fingerprint density at radius 1 is 1.15 bits per heavy atom. The predicted molar refractivity (Wildman–Crippen MR) is 66.3 cm³/mol. The molecule has 0 aliphatic carbocycles. The Morgan fingerprint density at radius 2 is 1.80 bits per heavy atom. The highest BCUT2D eigenvalue weighted by molar-refractivity contribution is 6.04. The summed E-state index contributed by atoms with van der Waals surface area (Å²) in [5.74, 6) is 1.16. The molecule has 0 unspecified atom stereocenters. The Kier molecular flexibility index (Phi) is 3.85. The monoisotopic (exact) mass is 282 g/mol. The fourth-order valence-corrected chi connectivity index (χ4v) is 1.46. The number of nitrogens with two attached hydrogens (primary N) is 1. The number of aromatic nitrogens is 1. The average Bonchev–Trinajstić information content (AvgIpc) is 2.42. The molecule has 0 fully saturated rings. The number of anilines is 2. The summed E-state index contributed by atoms with van der Waals surface area (Å²) in [6.07, 6.45) is 1.17. The number of hydrogen-bond acceptors (Lipinski definition) is 4. The highest BCUT2D eigenvalue weighted by atomic mass is 19.1. The van der Waals surface area contributed by atoms with Gasteiger partial charge in [-0.15, -0.1) is 0 Å². The van der Waals surface area contributed by atoms with Crippen LogP contribution >= 0.6 is 0 Å². The summed E-state index contributed by atoms with van der Waals surface area (Å²) in [5.41, 5.74) is 1.60. The molecule has 20 heavy (non-hydrogen) atoms. The van der Waals surface area contributed by atoms with E-state index in [4.69, 9.17) is 5.84 Å². The molecule has 0 saturated carbocycles. The minimum atomic E-state index is -1.20. The van der Waals surface area contributed by atoms with E-state index in [1.54, 1.807) is 0 Å². The van der Waals surface area contributed by atoms with Gasteiger partial charge in [0, 0.05) is 18.3 Å². The van der Waals surface area contributed by atoms with Gasteiger partial charge in [-0.1, -0.05) is 0 Å². The predicted octanol–water partition coefficient (Wildman–Crippen LogP) is 2.04. The van der Waals surface area contributed by atoms with E-state index in [2.05, 4.69) is 10.4 Å². The lowest BCUT2D eigenvalue weighted by atomic mass is 10.2. The maximum Gasteiger partial charge on any atom is 0.257 e. The lowest BCUT2D eigenvalue weighted by Gasteiger charge is -2.08. The third-order valence-corrected chi connectivity index (χ3v) is 2.42. The third-order valence-electron chi connectivity index (χ3n) is 2.42. The smallest absolute Gasteiger partial charge is 0.257 e. The molecule has 104 valence electrons. The van der Waals surface area contributed by atoms with E-state index in [1.165, 1.54) is 18.3 Å². The molecule has 1 aromatic heterocycles. The Labute approximate surface area is 111 Å². The quantitative estimate of drug-likeness (QED) is 0.594. The first kappa shape index (κ1) is 13.8. The summed E-state index contributed by atoms with van der Waals surface area (Å²) in [5, 5.41) is 2.01. The van der Waals surface area contributed by atoms with Crippen LogP contribution in [-0.4, -0.2) is 10.9 Å². The molecule has 5 nitrogen and oxygen atoms in total. The Hall–Kier alpha value is -2.61. The first-order valence-electron chi connectivity index (χ1n) is 5.40. The number of nitrogens with zero attached hydrogens (tertiary/aromatic N) is 1. The number of carbonyl (C=O) groups is 1. The number of benzene rings is 1. The van der Waals surface area contributed by atoms with Crippen molar-refractivity contribution in [3.8, 4) is 0 Å². The standard InChI is InChI=1S/C12H9F3N4O/c13-7-3-8(14)11(9(15)4-7)18-12(20)6-1-2-10(19-16)17-5-6/h1-5H,16H2,(H,17,19)(H,18,20). The van der Waals surface area contributed by atoms with Crippen molar-refractivity contribution in [3.63, 3.8) is 0 Å². The molecule has 0 aliphatic heterocycles. The second kappa shape index (κ2) is 5.57. The van der Waals surface area contributed by atoms with E-state index >= 15 is 0 Å². The lowest BCUT2D eigenvalue weighted by molar-refractivity contribution is 0.102. The van der Waals surface area contributed by atoms with Gasteiger partial charge >= 0.3 is 0 Å². The molecular weight excluding hydrogens is 273 g/mol. The summed E-state index contributed by atoms with van der Waals surface area (Å²) in [4.78, 5) is 15.5. The molecule has 0 saturated heterocycles. The fraction of sp³-hybridized carbons (Fsp3) is 0. The van der Waals surface area contributed by atoms with Crippen LogP contribution in [0.15, 0.2) is 30.5 Å². The molecule has 0 aliphatic rings. The number of pyridine rings is 1. The summed E-state index contributed by atoms with van der Waals surface area (Å²) in [7, 11) is 0. The zero-order valence-electron chi connectivity index (χ0n) is 9.95. The molecule has 8 heteroatoms. The van der Waals surface area contributed by atoms with Crippen molar-refractivity contribution < 1.29 is 18.0 Å². The van der Waals surface area contributed by atoms with Gasteiger partial charge < -0.3 is 10.7 Å². The Balaban J connectivity index is 2.23. The van der Waals surface area contributed by atoms with Crippen molar-refractivity contribution >= 4 is 17.4 Å². The normalized spacial score (nSPS) is 10.2. The molecule has 0 spiro atoms. The number of hydrazine groups is 1. The average molecular weight is 282 g/mol. The molecule has 0 atom stereocenters. The van der Waals surface area contributed by atoms with Crippen molar-refractivity contribution in [2.75, 3.05) is 10.7 Å². The summed E-state index contributed by atoms with van der Waals surface area (Å²) in [6.45, 7) is 0. The number of carbonyl (C=O) groups excluding carboxylic acids is 1. The van der Waals surface area contributed by atoms with Crippen LogP contribution in [-0.2, 0) is 0 Å². The van der Waals surface area contributed by atoms with Crippen molar-refractivity contribution in [2.24, 2.45) is 5.84 Å². The van der Waals surface area contributed by atoms with Crippen LogP contribution in [0, 0.1) is 17.5 Å². The van der Waals surface area contributed by atoms with Crippen LogP contribution in [0.3, 0.4) is 0 Å². The zero-order chi connectivity index (χ0) is 14.7. The summed E-state index contributed by atoms with van der Waals surface area (Å²) in [6, 6.07) is 3.71. The highest BCUT2D eigenvalue weighted by Crippen LogP contribution is 2.20. The Morgan fingerprint density at radius 3 is 2.30 bits per heavy atom. The van der Waals surface area contributed by atoms with Gasteiger partial charge in [-0.3, -0.25) is 4.79 Å². The number of amides is 1. The second-order valence-corrected chi connectivity index (χ2v) is 3.78. The van der Waals surface area contributed by atoms with Gasteiger partial charge in [0.05, 0.1) is 5.56 Å². The van der Waals surface area contributed by atoms with Gasteiger partial charge in [0.25, 0.3) is 5.91 Å². The van der Waals surface area contributed by atoms with Crippen LogP contribution in [0.5, 0.6) is 0 Å². The molecule has 1 heterocycles. The molecular formula is C12H9F3N4O. The van der Waals surface area contributed by atoms with E-state index in [9.17, 15) is 18.0 Å². The fourth-order valence-electron chi connectivity index (χ4n) is 1.46. The topological polar surface area (TPSA) is 80.0 Å². The third kappa shape index (κ3) is 2.86. The number of rotatable bonds is 3. The van der Waals surface area contributed by atoms with Crippen LogP contribution < -0.4 is 16.6 Å². The summed E-state index contributed by atoms with van der Waals surface area (Å²) < 4.78 is 39.5. The van der Waals surface area contributed by atoms with Crippen LogP contribution in [0.1, 0.15) is 10.4 Å². The number of hydrogen-bond donors (Lipinski definition) is 3. The molecule has 1 amide bonds. The van der Waals surface area contributed by atoms with E-state index in [0.717, 1.165) is 0 Å². The zero-order valence-corrected chi connectivity index (χ0v) is 9.95. The van der Waals surface area contributed by atoms with Gasteiger partial charge in [-0.2, -0.15) is 0 Å². The SMILES string of the molecule is NNc1ccc(C(=O)Nc2c(F)cc(F)cc2F)cn1. The molecule has 2 aromatic rings. The molecule has 0 radical (unpaired) electrons. The van der Waals surface area contributed by atoms with Crippen LogP contribution in [0.4, 0.5) is 24.7 Å². The van der Waals surface area contributed by atoms with E-state index in [1.807, 2.05) is 5.32 Å². The van der Waals surface area contributed by atoms with Gasteiger partial charge in [0.2, 0.25) is 0 Å². The van der Waals surface area contributed by atoms with Crippen LogP contribution in [0.25, 0.3) is 0 Å². The Bertz CT molecular complexity index is 623. The van der Waals surface area contributed by atoms with E-state index in [0.29, 0.717) is 18.0 Å². The minimum Gasteiger partial charge on any atom is -0.317 e. The first-order chi connectivity index (χ1) is 9.51. The first-order valence-corrected chi connectivity index (χ1v) is 5.40. The maximum atomic E-state index is 13.4. The summed E-state index contributed by atoms with van der Waals surface area (Å²) >= 11 is 0. The second-order valence-electron chi connectivity index (χ2n) is 3.78. The van der Waals surface area contributed by atoms with Gasteiger partial charge in [0.15, 0.2) is 11.6 Å². The molecule has 4 N–H and O–H groups in total. The lowest BCUT2D eigenvalue weighted by Crippen LogP contribution is -2.15. The van der Waals surface area contributed by atoms with E-state index < -0.39 is 29.0 Å². The minimum absolute atomic E-state index is 0.0622. The largest absolute Gasteiger partial charge is 0.317 e. The van der Waals surface area contributed by atoms with Gasteiger partial charge in [-0.25, -0.2) is 24.0 Å². The number of nitrogens with one attached hydrogen (secondary N) is 2. The van der Waals surface area contributed by atoms with Crippen LogP contribution in [0.2, 0.25) is 0 Å². The molecule has 0 bridgehead atoms. The maximum absolute atomic E-state index is 13.4. The van der Waals surface area contributed by atoms with E-state index in [-0.39, 0.29) is 5.56 Å².